The number of fused-ring (bicyclic) bond motifs is 1. The first kappa shape index (κ1) is 16.3. The van der Waals surface area contributed by atoms with Crippen LogP contribution in [0.5, 0.6) is 0 Å². The van der Waals surface area contributed by atoms with Crippen LogP contribution in [0.15, 0.2) is 41.0 Å². The van der Waals surface area contributed by atoms with E-state index < -0.39 is 0 Å². The highest BCUT2D eigenvalue weighted by Gasteiger charge is 2.67. The van der Waals surface area contributed by atoms with Gasteiger partial charge in [0, 0.05) is 25.2 Å². The minimum absolute atomic E-state index is 0.0653. The maximum Gasteiger partial charge on any atom is 0.313 e. The van der Waals surface area contributed by atoms with Gasteiger partial charge in [-0.05, 0) is 29.9 Å². The predicted molar refractivity (Wildman–Crippen MR) is 93.6 cm³/mol. The number of carbonyl (C=O) groups is 1. The fourth-order valence-corrected chi connectivity index (χ4v) is 4.91. The van der Waals surface area contributed by atoms with Gasteiger partial charge >= 0.3 is 5.97 Å². The highest BCUT2D eigenvalue weighted by Crippen LogP contribution is 2.63. The molecule has 0 unspecified atom stereocenters. The molecule has 5 nitrogen and oxygen atoms in total. The Labute approximate surface area is 148 Å². The molecule has 0 N–H and O–H groups in total. The van der Waals surface area contributed by atoms with Crippen molar-refractivity contribution in [2.75, 3.05) is 20.2 Å². The highest BCUT2D eigenvalue weighted by atomic mass is 16.5. The lowest BCUT2D eigenvalue weighted by atomic mass is 9.48. The fraction of sp³-hybridized carbons (Fsp3) is 0.500. The van der Waals surface area contributed by atoms with Gasteiger partial charge in [-0.15, -0.1) is 0 Å². The van der Waals surface area contributed by atoms with E-state index in [0.29, 0.717) is 18.4 Å². The number of nitrogens with zero attached hydrogens (tertiary/aromatic N) is 2. The predicted octanol–water partition coefficient (Wildman–Crippen LogP) is 3.36. The third-order valence-electron chi connectivity index (χ3n) is 5.88. The van der Waals surface area contributed by atoms with E-state index in [4.69, 9.17) is 9.15 Å². The zero-order chi connectivity index (χ0) is 17.7. The zero-order valence-corrected chi connectivity index (χ0v) is 15.0. The molecule has 1 aliphatic heterocycles. The van der Waals surface area contributed by atoms with Crippen molar-refractivity contribution >= 4 is 5.97 Å². The number of methoxy groups -OCH3 is 1. The molecule has 1 saturated heterocycles. The molecule has 0 spiro atoms. The largest absolute Gasteiger partial charge is 0.469 e. The van der Waals surface area contributed by atoms with E-state index in [-0.39, 0.29) is 16.8 Å². The van der Waals surface area contributed by atoms with E-state index in [1.54, 1.807) is 6.26 Å². The molecule has 0 bridgehead atoms. The van der Waals surface area contributed by atoms with Crippen LogP contribution in [0, 0.1) is 16.7 Å². The van der Waals surface area contributed by atoms with Crippen molar-refractivity contribution in [1.29, 1.82) is 0 Å². The number of esters is 1. The van der Waals surface area contributed by atoms with Crippen LogP contribution in [0.1, 0.15) is 26.0 Å². The summed E-state index contributed by atoms with van der Waals surface area (Å²) in [7, 11) is 1.49. The third kappa shape index (κ3) is 2.58. The van der Waals surface area contributed by atoms with Gasteiger partial charge in [0.05, 0.1) is 18.2 Å². The van der Waals surface area contributed by atoms with Gasteiger partial charge in [-0.3, -0.25) is 9.69 Å². The molecular weight excluding hydrogens is 316 g/mol. The van der Waals surface area contributed by atoms with Crippen LogP contribution >= 0.6 is 0 Å². The van der Waals surface area contributed by atoms with Crippen molar-refractivity contribution in [3.63, 3.8) is 0 Å². The summed E-state index contributed by atoms with van der Waals surface area (Å²) in [5.74, 6) is 0.915. The number of hydrogen-bond donors (Lipinski definition) is 0. The average Bonchev–Trinajstić information content (AvgIpc) is 3.19. The topological polar surface area (TPSA) is 55.6 Å². The van der Waals surface area contributed by atoms with Gasteiger partial charge in [0.15, 0.2) is 0 Å². The van der Waals surface area contributed by atoms with E-state index in [2.05, 4.69) is 23.7 Å². The van der Waals surface area contributed by atoms with Gasteiger partial charge in [-0.2, -0.15) is 0 Å². The number of carbonyl (C=O) groups excluding carboxylic acids is 1. The Bertz CT molecular complexity index is 783. The zero-order valence-electron chi connectivity index (χ0n) is 15.0. The number of ether oxygens (including phenoxy) is 1. The Morgan fingerprint density at radius 3 is 2.80 bits per heavy atom. The third-order valence-corrected chi connectivity index (χ3v) is 5.88. The summed E-state index contributed by atoms with van der Waals surface area (Å²) in [6, 6.07) is 9.89. The molecule has 132 valence electrons. The van der Waals surface area contributed by atoms with E-state index >= 15 is 0 Å². The van der Waals surface area contributed by atoms with Crippen molar-refractivity contribution in [3.8, 4) is 11.5 Å². The second kappa shape index (κ2) is 5.70. The first-order chi connectivity index (χ1) is 11.9. The summed E-state index contributed by atoms with van der Waals surface area (Å²) >= 11 is 0. The monoisotopic (exact) mass is 340 g/mol. The van der Waals surface area contributed by atoms with Gasteiger partial charge < -0.3 is 9.15 Å². The van der Waals surface area contributed by atoms with Crippen LogP contribution in [-0.2, 0) is 16.1 Å². The number of oxazole rings is 1. The van der Waals surface area contributed by atoms with Gasteiger partial charge in [0.25, 0.3) is 0 Å². The molecule has 0 radical (unpaired) electrons. The smallest absolute Gasteiger partial charge is 0.313 e. The van der Waals surface area contributed by atoms with Crippen LogP contribution in [0.3, 0.4) is 0 Å². The minimum Gasteiger partial charge on any atom is -0.469 e. The number of aromatic nitrogens is 1. The van der Waals surface area contributed by atoms with E-state index in [9.17, 15) is 4.79 Å². The first-order valence-corrected chi connectivity index (χ1v) is 8.75. The molecule has 2 fully saturated rings. The Kier molecular flexibility index (Phi) is 3.72. The molecule has 2 aliphatic rings. The molecule has 2 aromatic rings. The van der Waals surface area contributed by atoms with E-state index in [0.717, 1.165) is 30.8 Å². The SMILES string of the molecule is COC(=O)[C@@]12CN(Cc3coc(-c4ccccc4)n3)C[C@@H]1C(C)(C)C2. The highest BCUT2D eigenvalue weighted by molar-refractivity contribution is 5.80. The van der Waals surface area contributed by atoms with Gasteiger partial charge in [-0.1, -0.05) is 32.0 Å². The average molecular weight is 340 g/mol. The van der Waals surface area contributed by atoms with Crippen LogP contribution in [0.25, 0.3) is 11.5 Å². The second-order valence-corrected chi connectivity index (χ2v) is 8.05. The standard InChI is InChI=1S/C20H24N2O3/c1-19(2)12-20(18(23)24-3)13-22(10-16(19)20)9-15-11-25-17(21-15)14-7-5-4-6-8-14/h4-8,11,16H,9-10,12-13H2,1-3H3/t16-,20+/m1/s1. The fourth-order valence-electron chi connectivity index (χ4n) is 4.91. The minimum atomic E-state index is -0.343. The molecule has 1 aliphatic carbocycles. The summed E-state index contributed by atoms with van der Waals surface area (Å²) in [6.45, 7) is 6.82. The van der Waals surface area contributed by atoms with Crippen LogP contribution in [0.2, 0.25) is 0 Å². The summed E-state index contributed by atoms with van der Waals surface area (Å²) < 4.78 is 10.7. The lowest BCUT2D eigenvalue weighted by Gasteiger charge is -2.54. The lowest BCUT2D eigenvalue weighted by Crippen LogP contribution is -2.57. The number of rotatable bonds is 4. The second-order valence-electron chi connectivity index (χ2n) is 8.05. The van der Waals surface area contributed by atoms with Crippen LogP contribution < -0.4 is 0 Å². The molecule has 0 amide bonds. The Morgan fingerprint density at radius 2 is 2.12 bits per heavy atom. The van der Waals surface area contributed by atoms with Crippen LogP contribution in [0.4, 0.5) is 0 Å². The molecule has 1 aromatic carbocycles. The first-order valence-electron chi connectivity index (χ1n) is 8.75. The molecule has 25 heavy (non-hydrogen) atoms. The van der Waals surface area contributed by atoms with E-state index in [1.807, 2.05) is 30.3 Å². The van der Waals surface area contributed by atoms with Crippen LogP contribution in [-0.4, -0.2) is 36.1 Å². The molecule has 2 atom stereocenters. The Morgan fingerprint density at radius 1 is 1.36 bits per heavy atom. The van der Waals surface area contributed by atoms with Gasteiger partial charge in [0.2, 0.25) is 5.89 Å². The van der Waals surface area contributed by atoms with Crippen molar-refractivity contribution in [3.05, 3.63) is 42.3 Å². The maximum absolute atomic E-state index is 12.4. The Hall–Kier alpha value is -2.14. The molecular formula is C20H24N2O3. The lowest BCUT2D eigenvalue weighted by molar-refractivity contribution is -0.174. The number of benzene rings is 1. The van der Waals surface area contributed by atoms with Crippen molar-refractivity contribution < 1.29 is 13.9 Å². The summed E-state index contributed by atoms with van der Waals surface area (Å²) in [5, 5.41) is 0. The molecule has 1 saturated carbocycles. The Balaban J connectivity index is 1.50. The normalized spacial score (nSPS) is 27.6. The number of likely N-dealkylation sites (tertiary alicyclic amines) is 1. The summed E-state index contributed by atoms with van der Waals surface area (Å²) in [6.07, 6.45) is 2.61. The van der Waals surface area contributed by atoms with Crippen molar-refractivity contribution in [2.24, 2.45) is 16.7 Å². The molecule has 1 aromatic heterocycles. The number of hydrogen-bond acceptors (Lipinski definition) is 5. The summed E-state index contributed by atoms with van der Waals surface area (Å²) in [4.78, 5) is 19.3. The molecule has 4 rings (SSSR count). The molecule has 5 heteroatoms. The maximum atomic E-state index is 12.4. The van der Waals surface area contributed by atoms with Gasteiger partial charge in [0.1, 0.15) is 6.26 Å². The van der Waals surface area contributed by atoms with Crippen molar-refractivity contribution in [1.82, 2.24) is 9.88 Å². The summed E-state index contributed by atoms with van der Waals surface area (Å²) in [5.41, 5.74) is 1.71. The van der Waals surface area contributed by atoms with E-state index in [1.165, 1.54) is 7.11 Å². The quantitative estimate of drug-likeness (QED) is 0.799. The van der Waals surface area contributed by atoms with Crippen molar-refractivity contribution in [2.45, 2.75) is 26.8 Å². The van der Waals surface area contributed by atoms with Gasteiger partial charge in [-0.25, -0.2) is 4.98 Å². The molecule has 2 heterocycles.